The van der Waals surface area contributed by atoms with E-state index in [0.29, 0.717) is 23.6 Å². The Morgan fingerprint density at radius 2 is 2.00 bits per heavy atom. The van der Waals surface area contributed by atoms with Crippen LogP contribution in [0, 0.1) is 0 Å². The van der Waals surface area contributed by atoms with Gasteiger partial charge in [-0.2, -0.15) is 0 Å². The number of likely N-dealkylation sites (tertiary alicyclic amines) is 1. The molecule has 2 fully saturated rings. The van der Waals surface area contributed by atoms with Crippen molar-refractivity contribution in [3.05, 3.63) is 17.4 Å². The van der Waals surface area contributed by atoms with Crippen molar-refractivity contribution >= 4 is 23.5 Å². The number of hydrogen-bond acceptors (Lipinski definition) is 5. The van der Waals surface area contributed by atoms with Crippen LogP contribution in [0.1, 0.15) is 25.7 Å². The van der Waals surface area contributed by atoms with E-state index in [1.54, 1.807) is 12.4 Å². The molecule has 0 aromatic carbocycles. The maximum atomic E-state index is 12.3. The van der Waals surface area contributed by atoms with Crippen molar-refractivity contribution < 1.29 is 9.53 Å². The van der Waals surface area contributed by atoms with Crippen LogP contribution in [0.5, 0.6) is 0 Å². The molecule has 0 N–H and O–H groups in total. The fraction of sp³-hybridized carbons (Fsp3) is 0.667. The monoisotopic (exact) mass is 324 g/mol. The Kier molecular flexibility index (Phi) is 4.78. The lowest BCUT2D eigenvalue weighted by molar-refractivity contribution is -0.141. The average Bonchev–Trinajstić information content (AvgIpc) is 3.09. The number of rotatable bonds is 3. The van der Waals surface area contributed by atoms with Crippen molar-refractivity contribution in [3.8, 4) is 0 Å². The molecule has 22 heavy (non-hydrogen) atoms. The van der Waals surface area contributed by atoms with Crippen molar-refractivity contribution in [2.75, 3.05) is 31.6 Å². The van der Waals surface area contributed by atoms with Crippen LogP contribution in [-0.2, 0) is 9.53 Å². The number of amides is 1. The molecule has 1 amide bonds. The first kappa shape index (κ1) is 15.5. The molecule has 1 unspecified atom stereocenters. The number of piperidine rings is 1. The zero-order chi connectivity index (χ0) is 15.5. The number of nitrogens with zero attached hydrogens (tertiary/aromatic N) is 4. The van der Waals surface area contributed by atoms with Crippen molar-refractivity contribution in [1.82, 2.24) is 14.9 Å². The van der Waals surface area contributed by atoms with Crippen LogP contribution in [-0.4, -0.2) is 59.7 Å². The van der Waals surface area contributed by atoms with Crippen molar-refractivity contribution in [1.29, 1.82) is 0 Å². The first-order chi connectivity index (χ1) is 10.6. The van der Waals surface area contributed by atoms with E-state index in [4.69, 9.17) is 16.3 Å². The molecular weight excluding hydrogens is 304 g/mol. The first-order valence-corrected chi connectivity index (χ1v) is 8.13. The largest absolute Gasteiger partial charge is 0.368 e. The summed E-state index contributed by atoms with van der Waals surface area (Å²) in [4.78, 5) is 24.8. The Morgan fingerprint density at radius 3 is 2.59 bits per heavy atom. The Labute approximate surface area is 135 Å². The fourth-order valence-corrected chi connectivity index (χ4v) is 3.20. The van der Waals surface area contributed by atoms with E-state index >= 15 is 0 Å². The molecule has 2 saturated heterocycles. The van der Waals surface area contributed by atoms with Gasteiger partial charge in [0.15, 0.2) is 0 Å². The second-order valence-corrected chi connectivity index (χ2v) is 6.31. The van der Waals surface area contributed by atoms with E-state index < -0.39 is 0 Å². The van der Waals surface area contributed by atoms with Crippen molar-refractivity contribution in [2.24, 2.45) is 0 Å². The molecule has 0 radical (unpaired) electrons. The third-order valence-corrected chi connectivity index (χ3v) is 4.65. The zero-order valence-electron chi connectivity index (χ0n) is 12.7. The molecule has 1 atom stereocenters. The van der Waals surface area contributed by atoms with Crippen LogP contribution in [0.2, 0.25) is 5.02 Å². The SMILES string of the molecule is CN(c1ncc(Cl)cn1)C1CCN(C(=O)C2CCCO2)CC1. The number of ether oxygens (including phenoxy) is 1. The van der Waals surface area contributed by atoms with Gasteiger partial charge in [0, 0.05) is 32.8 Å². The third kappa shape index (κ3) is 3.33. The Hall–Kier alpha value is -1.40. The first-order valence-electron chi connectivity index (χ1n) is 7.76. The molecule has 1 aromatic rings. The lowest BCUT2D eigenvalue weighted by Gasteiger charge is -2.37. The molecule has 1 aromatic heterocycles. The summed E-state index contributed by atoms with van der Waals surface area (Å²) >= 11 is 5.82. The smallest absolute Gasteiger partial charge is 0.251 e. The van der Waals surface area contributed by atoms with E-state index in [2.05, 4.69) is 14.9 Å². The minimum absolute atomic E-state index is 0.154. The Bertz CT molecular complexity index is 511. The van der Waals surface area contributed by atoms with Crippen molar-refractivity contribution in [2.45, 2.75) is 37.8 Å². The fourth-order valence-electron chi connectivity index (χ4n) is 3.10. The van der Waals surface area contributed by atoms with Gasteiger partial charge in [0.05, 0.1) is 17.4 Å². The highest BCUT2D eigenvalue weighted by molar-refractivity contribution is 6.30. The predicted molar refractivity (Wildman–Crippen MR) is 84.0 cm³/mol. The molecule has 3 rings (SSSR count). The molecule has 120 valence electrons. The lowest BCUT2D eigenvalue weighted by Crippen LogP contribution is -2.48. The summed E-state index contributed by atoms with van der Waals surface area (Å²) in [5.74, 6) is 0.828. The van der Waals surface area contributed by atoms with Gasteiger partial charge in [0.2, 0.25) is 5.95 Å². The lowest BCUT2D eigenvalue weighted by atomic mass is 10.0. The zero-order valence-corrected chi connectivity index (χ0v) is 13.5. The van der Waals surface area contributed by atoms with Gasteiger partial charge in [-0.25, -0.2) is 9.97 Å². The highest BCUT2D eigenvalue weighted by Crippen LogP contribution is 2.22. The van der Waals surface area contributed by atoms with Crippen LogP contribution in [0.15, 0.2) is 12.4 Å². The highest BCUT2D eigenvalue weighted by atomic mass is 35.5. The molecule has 7 heteroatoms. The van der Waals surface area contributed by atoms with Crippen LogP contribution >= 0.6 is 11.6 Å². The molecule has 0 spiro atoms. The third-order valence-electron chi connectivity index (χ3n) is 4.45. The normalized spacial score (nSPS) is 22.8. The maximum Gasteiger partial charge on any atom is 0.251 e. The van der Waals surface area contributed by atoms with E-state index in [-0.39, 0.29) is 12.0 Å². The molecule has 6 nitrogen and oxygen atoms in total. The summed E-state index contributed by atoms with van der Waals surface area (Å²) in [5.41, 5.74) is 0. The molecule has 3 heterocycles. The molecule has 0 bridgehead atoms. The van der Waals surface area contributed by atoms with Gasteiger partial charge in [0.1, 0.15) is 6.10 Å². The summed E-state index contributed by atoms with van der Waals surface area (Å²) in [6.07, 6.45) is 6.68. The van der Waals surface area contributed by atoms with Crippen LogP contribution in [0.25, 0.3) is 0 Å². The number of aromatic nitrogens is 2. The van der Waals surface area contributed by atoms with Gasteiger partial charge in [-0.1, -0.05) is 11.6 Å². The number of carbonyl (C=O) groups excluding carboxylic acids is 1. The number of halogens is 1. The van der Waals surface area contributed by atoms with Crippen LogP contribution in [0.4, 0.5) is 5.95 Å². The van der Waals surface area contributed by atoms with E-state index in [1.165, 1.54) is 0 Å². The molecule has 2 aliphatic rings. The molecule has 0 aliphatic carbocycles. The van der Waals surface area contributed by atoms with Gasteiger partial charge in [-0.05, 0) is 25.7 Å². The molecular formula is C15H21ClN4O2. The number of anilines is 1. The Balaban J connectivity index is 1.54. The summed E-state index contributed by atoms with van der Waals surface area (Å²) in [5, 5.41) is 0.536. The second kappa shape index (κ2) is 6.79. The summed E-state index contributed by atoms with van der Waals surface area (Å²) < 4.78 is 5.49. The van der Waals surface area contributed by atoms with Crippen LogP contribution in [0.3, 0.4) is 0 Å². The van der Waals surface area contributed by atoms with E-state index in [9.17, 15) is 4.79 Å². The highest BCUT2D eigenvalue weighted by Gasteiger charge is 2.32. The van der Waals surface area contributed by atoms with E-state index in [1.807, 2.05) is 11.9 Å². The van der Waals surface area contributed by atoms with Crippen LogP contribution < -0.4 is 4.90 Å². The Morgan fingerprint density at radius 1 is 1.32 bits per heavy atom. The van der Waals surface area contributed by atoms with Gasteiger partial charge < -0.3 is 14.5 Å². The second-order valence-electron chi connectivity index (χ2n) is 5.87. The topological polar surface area (TPSA) is 58.6 Å². The molecule has 2 aliphatic heterocycles. The summed E-state index contributed by atoms with van der Waals surface area (Å²) in [7, 11) is 1.99. The maximum absolute atomic E-state index is 12.3. The number of hydrogen-bond donors (Lipinski definition) is 0. The minimum atomic E-state index is -0.214. The summed E-state index contributed by atoms with van der Waals surface area (Å²) in [6, 6.07) is 0.342. The quantitative estimate of drug-likeness (QED) is 0.847. The minimum Gasteiger partial charge on any atom is -0.368 e. The van der Waals surface area contributed by atoms with Crippen molar-refractivity contribution in [3.63, 3.8) is 0 Å². The van der Waals surface area contributed by atoms with Gasteiger partial charge in [-0.3, -0.25) is 4.79 Å². The van der Waals surface area contributed by atoms with Gasteiger partial charge in [0.25, 0.3) is 5.91 Å². The summed E-state index contributed by atoms with van der Waals surface area (Å²) in [6.45, 7) is 2.24. The molecule has 0 saturated carbocycles. The number of carbonyl (C=O) groups is 1. The standard InChI is InChI=1S/C15H21ClN4O2/c1-19(15-17-9-11(16)10-18-15)12-4-6-20(7-5-12)14(21)13-3-2-8-22-13/h9-10,12-13H,2-8H2,1H3. The average molecular weight is 325 g/mol. The van der Waals surface area contributed by atoms with E-state index in [0.717, 1.165) is 38.8 Å². The van der Waals surface area contributed by atoms with Gasteiger partial charge >= 0.3 is 0 Å². The van der Waals surface area contributed by atoms with Gasteiger partial charge in [-0.15, -0.1) is 0 Å². The predicted octanol–water partition coefficient (Wildman–Crippen LogP) is 1.74.